The molecule has 27 heavy (non-hydrogen) atoms. The molecule has 2 unspecified atom stereocenters. The largest absolute Gasteiger partial charge is 0.378 e. The first-order valence-electron chi connectivity index (χ1n) is 9.66. The van der Waals surface area contributed by atoms with Crippen LogP contribution in [-0.4, -0.2) is 34.4 Å². The summed E-state index contributed by atoms with van der Waals surface area (Å²) in [4.78, 5) is 12.5. The van der Waals surface area contributed by atoms with Gasteiger partial charge >= 0.3 is 0 Å². The van der Waals surface area contributed by atoms with Crippen LogP contribution in [0.2, 0.25) is 0 Å². The molecule has 1 aliphatic heterocycles. The zero-order chi connectivity index (χ0) is 19.4. The number of carbonyl (C=O) groups is 1. The summed E-state index contributed by atoms with van der Waals surface area (Å²) in [6.45, 7) is 6.74. The Kier molecular flexibility index (Phi) is 6.26. The Labute approximate surface area is 159 Å². The molecular formula is C21H28FN3O2. The average molecular weight is 373 g/mol. The quantitative estimate of drug-likeness (QED) is 0.806. The molecule has 146 valence electrons. The summed E-state index contributed by atoms with van der Waals surface area (Å²) in [5.41, 5.74) is 3.43. The summed E-state index contributed by atoms with van der Waals surface area (Å²) in [5, 5.41) is 7.61. The predicted molar refractivity (Wildman–Crippen MR) is 103 cm³/mol. The number of aryl methyl sites for hydroxylation is 1. The van der Waals surface area contributed by atoms with E-state index in [0.29, 0.717) is 12.5 Å². The molecule has 0 bridgehead atoms. The van der Waals surface area contributed by atoms with E-state index in [-0.39, 0.29) is 17.8 Å². The van der Waals surface area contributed by atoms with Crippen molar-refractivity contribution in [3.05, 3.63) is 47.0 Å². The van der Waals surface area contributed by atoms with E-state index in [9.17, 15) is 9.18 Å². The zero-order valence-electron chi connectivity index (χ0n) is 16.3. The highest BCUT2D eigenvalue weighted by Crippen LogP contribution is 2.20. The minimum Gasteiger partial charge on any atom is -0.378 e. The molecule has 1 N–H and O–H groups in total. The lowest BCUT2D eigenvalue weighted by Gasteiger charge is -2.16. The van der Waals surface area contributed by atoms with Crippen molar-refractivity contribution >= 4 is 5.91 Å². The van der Waals surface area contributed by atoms with E-state index in [1.165, 1.54) is 12.1 Å². The van der Waals surface area contributed by atoms with Crippen molar-refractivity contribution in [2.75, 3.05) is 6.61 Å². The molecule has 0 radical (unpaired) electrons. The molecule has 2 atom stereocenters. The van der Waals surface area contributed by atoms with Gasteiger partial charge in [-0.1, -0.05) is 0 Å². The van der Waals surface area contributed by atoms with Crippen LogP contribution in [0.5, 0.6) is 0 Å². The topological polar surface area (TPSA) is 56.2 Å². The molecule has 1 saturated heterocycles. The molecule has 3 rings (SSSR count). The van der Waals surface area contributed by atoms with Crippen LogP contribution in [0.15, 0.2) is 24.3 Å². The van der Waals surface area contributed by atoms with E-state index in [4.69, 9.17) is 4.74 Å². The maximum absolute atomic E-state index is 13.2. The number of hydrogen-bond acceptors (Lipinski definition) is 3. The third-order valence-electron chi connectivity index (χ3n) is 5.20. The van der Waals surface area contributed by atoms with Crippen LogP contribution in [0.1, 0.15) is 49.6 Å². The van der Waals surface area contributed by atoms with Gasteiger partial charge in [0, 0.05) is 23.9 Å². The Morgan fingerprint density at radius 3 is 2.78 bits per heavy atom. The highest BCUT2D eigenvalue weighted by molar-refractivity contribution is 5.79. The van der Waals surface area contributed by atoms with Crippen molar-refractivity contribution in [3.8, 4) is 5.69 Å². The van der Waals surface area contributed by atoms with Gasteiger partial charge in [0.05, 0.1) is 23.9 Å². The number of carbonyl (C=O) groups excluding carboxylic acids is 1. The number of rotatable bonds is 7. The molecule has 2 heterocycles. The molecule has 0 spiro atoms. The maximum Gasteiger partial charge on any atom is 0.224 e. The number of nitrogens with zero attached hydrogens (tertiary/aromatic N) is 2. The first-order valence-corrected chi connectivity index (χ1v) is 9.66. The molecule has 0 saturated carbocycles. The lowest BCUT2D eigenvalue weighted by molar-refractivity contribution is -0.121. The van der Waals surface area contributed by atoms with Crippen LogP contribution in [0.3, 0.4) is 0 Å². The SMILES string of the molecule is Cc1nn(-c2ccc(F)cc2)c(C)c1CC(=O)NC(C)CCC1CCCO1. The summed E-state index contributed by atoms with van der Waals surface area (Å²) in [6, 6.07) is 6.31. The summed E-state index contributed by atoms with van der Waals surface area (Å²) in [6.07, 6.45) is 4.82. The number of ether oxygens (including phenoxy) is 1. The number of benzene rings is 1. The highest BCUT2D eigenvalue weighted by atomic mass is 19.1. The zero-order valence-corrected chi connectivity index (χ0v) is 16.3. The molecule has 1 amide bonds. The molecule has 6 heteroatoms. The summed E-state index contributed by atoms with van der Waals surface area (Å²) in [5.74, 6) is -0.281. The van der Waals surface area contributed by atoms with Gasteiger partial charge in [-0.2, -0.15) is 5.10 Å². The standard InChI is InChI=1S/C21H28FN3O2/c1-14(6-11-19-5-4-12-27-19)23-21(26)13-20-15(2)24-25(16(20)3)18-9-7-17(22)8-10-18/h7-10,14,19H,4-6,11-13H2,1-3H3,(H,23,26). The van der Waals surface area contributed by atoms with Gasteiger partial charge in [-0.25, -0.2) is 9.07 Å². The average Bonchev–Trinajstić information content (AvgIpc) is 3.24. The van der Waals surface area contributed by atoms with Crippen LogP contribution >= 0.6 is 0 Å². The second kappa shape index (κ2) is 8.65. The van der Waals surface area contributed by atoms with E-state index < -0.39 is 0 Å². The van der Waals surface area contributed by atoms with E-state index >= 15 is 0 Å². The number of aromatic nitrogens is 2. The fraction of sp³-hybridized carbons (Fsp3) is 0.524. The van der Waals surface area contributed by atoms with Crippen molar-refractivity contribution in [1.29, 1.82) is 0 Å². The first kappa shape index (κ1) is 19.5. The van der Waals surface area contributed by atoms with Crippen molar-refractivity contribution in [1.82, 2.24) is 15.1 Å². The van der Waals surface area contributed by atoms with Gasteiger partial charge in [0.15, 0.2) is 0 Å². The van der Waals surface area contributed by atoms with E-state index in [2.05, 4.69) is 10.4 Å². The van der Waals surface area contributed by atoms with Gasteiger partial charge in [0.1, 0.15) is 5.82 Å². The smallest absolute Gasteiger partial charge is 0.224 e. The molecule has 0 aliphatic carbocycles. The van der Waals surface area contributed by atoms with Crippen LogP contribution in [0.25, 0.3) is 5.69 Å². The molecule has 1 aromatic heterocycles. The Balaban J connectivity index is 1.59. The molecule has 1 fully saturated rings. The summed E-state index contributed by atoms with van der Waals surface area (Å²) >= 11 is 0. The van der Waals surface area contributed by atoms with Crippen molar-refractivity contribution in [2.45, 2.75) is 65.0 Å². The van der Waals surface area contributed by atoms with Crippen molar-refractivity contribution in [2.24, 2.45) is 0 Å². The lowest BCUT2D eigenvalue weighted by Crippen LogP contribution is -2.34. The van der Waals surface area contributed by atoms with Crippen molar-refractivity contribution < 1.29 is 13.9 Å². The first-order chi connectivity index (χ1) is 12.9. The van der Waals surface area contributed by atoms with Gasteiger partial charge in [-0.05, 0) is 70.7 Å². The van der Waals surface area contributed by atoms with Crippen LogP contribution < -0.4 is 5.32 Å². The predicted octanol–water partition coefficient (Wildman–Crippen LogP) is 3.63. The van der Waals surface area contributed by atoms with Gasteiger partial charge in [-0.15, -0.1) is 0 Å². The third kappa shape index (κ3) is 4.95. The normalized spacial score (nSPS) is 17.9. The Hall–Kier alpha value is -2.21. The van der Waals surface area contributed by atoms with Gasteiger partial charge in [-0.3, -0.25) is 4.79 Å². The molecular weight excluding hydrogens is 345 g/mol. The third-order valence-corrected chi connectivity index (χ3v) is 5.20. The Bertz CT molecular complexity index is 779. The number of hydrogen-bond donors (Lipinski definition) is 1. The molecule has 1 aliphatic rings. The van der Waals surface area contributed by atoms with Gasteiger partial charge < -0.3 is 10.1 Å². The number of nitrogens with one attached hydrogen (secondary N) is 1. The Morgan fingerprint density at radius 2 is 2.11 bits per heavy atom. The lowest BCUT2D eigenvalue weighted by atomic mass is 10.1. The van der Waals surface area contributed by atoms with Crippen LogP contribution in [-0.2, 0) is 16.0 Å². The minimum absolute atomic E-state index is 0.000281. The fourth-order valence-electron chi connectivity index (χ4n) is 3.63. The fourth-order valence-corrected chi connectivity index (χ4v) is 3.63. The molecule has 1 aromatic carbocycles. The highest BCUT2D eigenvalue weighted by Gasteiger charge is 2.19. The molecule has 5 nitrogen and oxygen atoms in total. The summed E-state index contributed by atoms with van der Waals surface area (Å²) in [7, 11) is 0. The second-order valence-electron chi connectivity index (χ2n) is 7.40. The van der Waals surface area contributed by atoms with E-state index in [0.717, 1.165) is 54.9 Å². The van der Waals surface area contributed by atoms with Crippen molar-refractivity contribution in [3.63, 3.8) is 0 Å². The number of halogens is 1. The van der Waals surface area contributed by atoms with E-state index in [1.807, 2.05) is 20.8 Å². The van der Waals surface area contributed by atoms with Crippen LogP contribution in [0.4, 0.5) is 4.39 Å². The monoisotopic (exact) mass is 373 g/mol. The minimum atomic E-state index is -0.281. The summed E-state index contributed by atoms with van der Waals surface area (Å²) < 4.78 is 20.6. The Morgan fingerprint density at radius 1 is 1.37 bits per heavy atom. The maximum atomic E-state index is 13.2. The molecule has 2 aromatic rings. The second-order valence-corrected chi connectivity index (χ2v) is 7.40. The van der Waals surface area contributed by atoms with E-state index in [1.54, 1.807) is 16.8 Å². The van der Waals surface area contributed by atoms with Crippen LogP contribution in [0, 0.1) is 19.7 Å². The van der Waals surface area contributed by atoms with Gasteiger partial charge in [0.25, 0.3) is 0 Å². The number of amides is 1. The van der Waals surface area contributed by atoms with Gasteiger partial charge in [0.2, 0.25) is 5.91 Å².